The van der Waals surface area contributed by atoms with Crippen molar-refractivity contribution in [2.45, 2.75) is 19.4 Å². The molecule has 0 spiro atoms. The molecule has 5 heteroatoms. The van der Waals surface area contributed by atoms with Gasteiger partial charge in [0.25, 0.3) is 0 Å². The first-order chi connectivity index (χ1) is 8.60. The van der Waals surface area contributed by atoms with Crippen molar-refractivity contribution < 1.29 is 9.13 Å². The lowest BCUT2D eigenvalue weighted by molar-refractivity contribution is 0.386. The van der Waals surface area contributed by atoms with Crippen LogP contribution in [0.25, 0.3) is 0 Å². The molecule has 1 aromatic heterocycles. The second-order valence-electron chi connectivity index (χ2n) is 4.09. The molecular formula is C13H15FN2OS. The van der Waals surface area contributed by atoms with Gasteiger partial charge in [-0.3, -0.25) is 0 Å². The van der Waals surface area contributed by atoms with Crippen LogP contribution < -0.4 is 10.5 Å². The Balaban J connectivity index is 2.13. The summed E-state index contributed by atoms with van der Waals surface area (Å²) >= 11 is 1.57. The monoisotopic (exact) mass is 266 g/mol. The lowest BCUT2D eigenvalue weighted by Crippen LogP contribution is -2.13. The standard InChI is InChI=1S/C13H15FN2OS/c1-8-7-18-13(16-8)6-11(15)9-3-4-12(17-2)10(14)5-9/h3-5,7,11H,6,15H2,1-2H3. The second-order valence-corrected chi connectivity index (χ2v) is 5.03. The number of thiazole rings is 1. The van der Waals surface area contributed by atoms with E-state index >= 15 is 0 Å². The van der Waals surface area contributed by atoms with E-state index in [1.807, 2.05) is 12.3 Å². The van der Waals surface area contributed by atoms with E-state index in [1.54, 1.807) is 23.5 Å². The highest BCUT2D eigenvalue weighted by Gasteiger charge is 2.12. The first-order valence-electron chi connectivity index (χ1n) is 5.60. The van der Waals surface area contributed by atoms with Crippen LogP contribution in [0.2, 0.25) is 0 Å². The van der Waals surface area contributed by atoms with Gasteiger partial charge in [0.1, 0.15) is 0 Å². The Kier molecular flexibility index (Phi) is 3.93. The van der Waals surface area contributed by atoms with Crippen molar-refractivity contribution in [3.63, 3.8) is 0 Å². The summed E-state index contributed by atoms with van der Waals surface area (Å²) < 4.78 is 18.4. The maximum absolute atomic E-state index is 13.6. The molecule has 2 N–H and O–H groups in total. The number of aryl methyl sites for hydroxylation is 1. The number of hydrogen-bond donors (Lipinski definition) is 1. The molecule has 1 unspecified atom stereocenters. The molecular weight excluding hydrogens is 251 g/mol. The van der Waals surface area contributed by atoms with Crippen molar-refractivity contribution in [3.8, 4) is 5.75 Å². The van der Waals surface area contributed by atoms with Crippen molar-refractivity contribution in [1.29, 1.82) is 0 Å². The van der Waals surface area contributed by atoms with Crippen LogP contribution in [0.1, 0.15) is 22.3 Å². The number of methoxy groups -OCH3 is 1. The van der Waals surface area contributed by atoms with Gasteiger partial charge in [0.05, 0.1) is 12.1 Å². The van der Waals surface area contributed by atoms with Gasteiger partial charge < -0.3 is 10.5 Å². The SMILES string of the molecule is COc1ccc(C(N)Cc2nc(C)cs2)cc1F. The number of hydrogen-bond acceptors (Lipinski definition) is 4. The Morgan fingerprint density at radius 2 is 2.28 bits per heavy atom. The molecule has 1 atom stereocenters. The number of ether oxygens (including phenoxy) is 1. The molecule has 96 valence electrons. The number of benzene rings is 1. The average Bonchev–Trinajstić information content (AvgIpc) is 2.74. The fourth-order valence-corrected chi connectivity index (χ4v) is 2.55. The van der Waals surface area contributed by atoms with Gasteiger partial charge in [-0.15, -0.1) is 11.3 Å². The van der Waals surface area contributed by atoms with Crippen LogP contribution in [0, 0.1) is 12.7 Å². The van der Waals surface area contributed by atoms with Crippen LogP contribution in [0.15, 0.2) is 23.6 Å². The minimum Gasteiger partial charge on any atom is -0.494 e. The largest absolute Gasteiger partial charge is 0.494 e. The maximum atomic E-state index is 13.6. The molecule has 0 aliphatic rings. The van der Waals surface area contributed by atoms with Gasteiger partial charge in [-0.1, -0.05) is 6.07 Å². The topological polar surface area (TPSA) is 48.1 Å². The maximum Gasteiger partial charge on any atom is 0.165 e. The van der Waals surface area contributed by atoms with Gasteiger partial charge in [-0.05, 0) is 24.6 Å². The number of rotatable bonds is 4. The Bertz CT molecular complexity index is 542. The summed E-state index contributed by atoms with van der Waals surface area (Å²) in [6, 6.07) is 4.55. The zero-order valence-corrected chi connectivity index (χ0v) is 11.1. The summed E-state index contributed by atoms with van der Waals surface area (Å²) in [5.41, 5.74) is 7.80. The lowest BCUT2D eigenvalue weighted by atomic mass is 10.0. The van der Waals surface area contributed by atoms with Crippen LogP contribution in [-0.2, 0) is 6.42 Å². The molecule has 18 heavy (non-hydrogen) atoms. The lowest BCUT2D eigenvalue weighted by Gasteiger charge is -2.11. The Morgan fingerprint density at radius 1 is 1.50 bits per heavy atom. The van der Waals surface area contributed by atoms with Gasteiger partial charge in [0.15, 0.2) is 11.6 Å². The van der Waals surface area contributed by atoms with Crippen LogP contribution in [-0.4, -0.2) is 12.1 Å². The summed E-state index contributed by atoms with van der Waals surface area (Å²) in [6.45, 7) is 1.94. The van der Waals surface area contributed by atoms with E-state index in [0.29, 0.717) is 6.42 Å². The van der Waals surface area contributed by atoms with E-state index in [4.69, 9.17) is 10.5 Å². The van der Waals surface area contributed by atoms with Crippen LogP contribution in [0.3, 0.4) is 0 Å². The average molecular weight is 266 g/mol. The zero-order chi connectivity index (χ0) is 13.1. The molecule has 2 rings (SSSR count). The molecule has 0 radical (unpaired) electrons. The predicted octanol–water partition coefficient (Wildman–Crippen LogP) is 2.84. The van der Waals surface area contributed by atoms with Crippen LogP contribution in [0.5, 0.6) is 5.75 Å². The van der Waals surface area contributed by atoms with Crippen molar-refractivity contribution in [3.05, 3.63) is 45.7 Å². The summed E-state index contributed by atoms with van der Waals surface area (Å²) in [7, 11) is 1.44. The Labute approximate surface area is 109 Å². The summed E-state index contributed by atoms with van der Waals surface area (Å²) in [4.78, 5) is 4.35. The normalized spacial score (nSPS) is 12.4. The molecule has 1 heterocycles. The summed E-state index contributed by atoms with van der Waals surface area (Å²) in [6.07, 6.45) is 0.615. The Hall–Kier alpha value is -1.46. The van der Waals surface area contributed by atoms with Crippen molar-refractivity contribution in [2.24, 2.45) is 5.73 Å². The van der Waals surface area contributed by atoms with E-state index in [0.717, 1.165) is 16.3 Å². The third-order valence-corrected chi connectivity index (χ3v) is 3.65. The molecule has 0 saturated carbocycles. The van der Waals surface area contributed by atoms with Crippen LogP contribution in [0.4, 0.5) is 4.39 Å². The minimum absolute atomic E-state index is 0.232. The quantitative estimate of drug-likeness (QED) is 0.925. The van der Waals surface area contributed by atoms with Crippen LogP contribution >= 0.6 is 11.3 Å². The van der Waals surface area contributed by atoms with E-state index in [2.05, 4.69) is 4.98 Å². The molecule has 0 bridgehead atoms. The highest BCUT2D eigenvalue weighted by atomic mass is 32.1. The third kappa shape index (κ3) is 2.86. The summed E-state index contributed by atoms with van der Waals surface area (Å²) in [5, 5.41) is 2.95. The molecule has 0 amide bonds. The highest BCUT2D eigenvalue weighted by Crippen LogP contribution is 2.23. The number of nitrogens with zero attached hydrogens (tertiary/aromatic N) is 1. The first-order valence-corrected chi connectivity index (χ1v) is 6.48. The fraction of sp³-hybridized carbons (Fsp3) is 0.308. The van der Waals surface area contributed by atoms with E-state index in [-0.39, 0.29) is 17.6 Å². The molecule has 0 fully saturated rings. The first kappa shape index (κ1) is 13.0. The molecule has 2 aromatic rings. The van der Waals surface area contributed by atoms with Gasteiger partial charge >= 0.3 is 0 Å². The van der Waals surface area contributed by atoms with Gasteiger partial charge in [0.2, 0.25) is 0 Å². The molecule has 1 aromatic carbocycles. The van der Waals surface area contributed by atoms with Gasteiger partial charge in [0, 0.05) is 23.5 Å². The molecule has 0 saturated heterocycles. The number of nitrogens with two attached hydrogens (primary N) is 1. The van der Waals surface area contributed by atoms with Gasteiger partial charge in [-0.25, -0.2) is 9.37 Å². The zero-order valence-electron chi connectivity index (χ0n) is 10.3. The highest BCUT2D eigenvalue weighted by molar-refractivity contribution is 7.09. The smallest absolute Gasteiger partial charge is 0.165 e. The van der Waals surface area contributed by atoms with Crippen molar-refractivity contribution in [2.75, 3.05) is 7.11 Å². The molecule has 0 aliphatic heterocycles. The molecule has 0 aliphatic carbocycles. The number of halogens is 1. The summed E-state index contributed by atoms with van der Waals surface area (Å²) in [5.74, 6) is -0.156. The van der Waals surface area contributed by atoms with E-state index < -0.39 is 0 Å². The predicted molar refractivity (Wildman–Crippen MR) is 70.4 cm³/mol. The van der Waals surface area contributed by atoms with E-state index in [9.17, 15) is 4.39 Å². The Morgan fingerprint density at radius 3 is 2.83 bits per heavy atom. The minimum atomic E-state index is -0.388. The third-order valence-electron chi connectivity index (χ3n) is 2.67. The van der Waals surface area contributed by atoms with E-state index in [1.165, 1.54) is 13.2 Å². The van der Waals surface area contributed by atoms with Crippen molar-refractivity contribution in [1.82, 2.24) is 4.98 Å². The van der Waals surface area contributed by atoms with Gasteiger partial charge in [-0.2, -0.15) is 0 Å². The number of aromatic nitrogens is 1. The fourth-order valence-electron chi connectivity index (χ4n) is 1.72. The second kappa shape index (κ2) is 5.46. The molecule has 3 nitrogen and oxygen atoms in total. The van der Waals surface area contributed by atoms with Crippen molar-refractivity contribution >= 4 is 11.3 Å².